The van der Waals surface area contributed by atoms with Crippen LogP contribution in [0.2, 0.25) is 0 Å². The third kappa shape index (κ3) is 25.9. The molecule has 39 heavy (non-hydrogen) atoms. The van der Waals surface area contributed by atoms with Gasteiger partial charge in [-0.05, 0) is 102 Å². The molecule has 3 nitrogen and oxygen atoms in total. The number of unbranched alkanes of at least 4 members (excludes halogenated alkanes) is 4. The lowest BCUT2D eigenvalue weighted by atomic mass is 9.90. The van der Waals surface area contributed by atoms with Crippen molar-refractivity contribution >= 4 is 23.2 Å². The number of rotatable bonds is 28. The monoisotopic (exact) mass is 594 g/mol. The first kappa shape index (κ1) is 39.5. The topological polar surface area (TPSA) is 27.7 Å². The van der Waals surface area contributed by atoms with Gasteiger partial charge in [0.2, 0.25) is 0 Å². The molecule has 0 bridgehead atoms. The highest BCUT2D eigenvalue weighted by Crippen LogP contribution is 2.26. The molecule has 0 N–H and O–H groups in total. The van der Waals surface area contributed by atoms with Crippen molar-refractivity contribution in [1.82, 2.24) is 0 Å². The molecule has 0 spiro atoms. The molecule has 236 valence electrons. The molecule has 5 heteroatoms. The van der Waals surface area contributed by atoms with Crippen molar-refractivity contribution < 1.29 is 14.2 Å². The first-order valence-electron chi connectivity index (χ1n) is 16.7. The molecule has 0 fully saturated rings. The van der Waals surface area contributed by atoms with Crippen LogP contribution >= 0.6 is 23.2 Å². The second-order valence-corrected chi connectivity index (χ2v) is 14.4. The van der Waals surface area contributed by atoms with Gasteiger partial charge >= 0.3 is 0 Å². The SMILES string of the molecule is CCCCCOC(CCCC(C)CC(C)CC(C)Cl)OC(CCCC(C)CC(C)CC(C)Cl)OCCCCC. The maximum atomic E-state index is 6.56. The van der Waals surface area contributed by atoms with Crippen molar-refractivity contribution in [2.24, 2.45) is 23.7 Å². The summed E-state index contributed by atoms with van der Waals surface area (Å²) in [5, 5.41) is 0.521. The summed E-state index contributed by atoms with van der Waals surface area (Å²) in [5.41, 5.74) is 0. The number of alkyl halides is 2. The molecule has 0 amide bonds. The second kappa shape index (κ2) is 26.1. The molecule has 0 aromatic rings. The standard InChI is InChI=1S/C34H68Cl2O3/c1-9-11-13-21-37-33(19-15-17-27(3)23-29(5)25-31(7)35)39-34(38-22-14-12-10-2)20-16-18-28(4)24-30(6)26-32(8)36/h27-34H,9-26H2,1-8H3. The lowest BCUT2D eigenvalue weighted by Crippen LogP contribution is -2.28. The highest BCUT2D eigenvalue weighted by Gasteiger charge is 2.20. The average Bonchev–Trinajstić information content (AvgIpc) is 2.82. The van der Waals surface area contributed by atoms with Gasteiger partial charge in [0.25, 0.3) is 0 Å². The molecule has 0 radical (unpaired) electrons. The lowest BCUT2D eigenvalue weighted by molar-refractivity contribution is -0.250. The first-order valence-corrected chi connectivity index (χ1v) is 17.6. The fraction of sp³-hybridized carbons (Fsp3) is 1.00. The summed E-state index contributed by atoms with van der Waals surface area (Å²) < 4.78 is 19.2. The summed E-state index contributed by atoms with van der Waals surface area (Å²) in [4.78, 5) is 0. The van der Waals surface area contributed by atoms with Gasteiger partial charge in [0.15, 0.2) is 12.6 Å². The minimum Gasteiger partial charge on any atom is -0.353 e. The van der Waals surface area contributed by atoms with Gasteiger partial charge in [0.05, 0.1) is 0 Å². The first-order chi connectivity index (χ1) is 18.6. The highest BCUT2D eigenvalue weighted by molar-refractivity contribution is 6.20. The number of hydrogen-bond donors (Lipinski definition) is 0. The Morgan fingerprint density at radius 1 is 0.462 bits per heavy atom. The molecule has 8 atom stereocenters. The van der Waals surface area contributed by atoms with Gasteiger partial charge in [-0.1, -0.05) is 80.1 Å². The Morgan fingerprint density at radius 3 is 1.18 bits per heavy atom. The van der Waals surface area contributed by atoms with Gasteiger partial charge in [-0.25, -0.2) is 0 Å². The normalized spacial score (nSPS) is 18.3. The van der Waals surface area contributed by atoms with Crippen LogP contribution in [0.15, 0.2) is 0 Å². The van der Waals surface area contributed by atoms with Crippen LogP contribution in [-0.2, 0) is 14.2 Å². The van der Waals surface area contributed by atoms with Crippen LogP contribution < -0.4 is 0 Å². The van der Waals surface area contributed by atoms with Crippen molar-refractivity contribution in [3.8, 4) is 0 Å². The zero-order valence-electron chi connectivity index (χ0n) is 27.3. The van der Waals surface area contributed by atoms with Gasteiger partial charge in [-0.15, -0.1) is 23.2 Å². The van der Waals surface area contributed by atoms with Gasteiger partial charge in [-0.2, -0.15) is 0 Å². The van der Waals surface area contributed by atoms with Crippen molar-refractivity contribution in [3.63, 3.8) is 0 Å². The molecule has 0 aromatic carbocycles. The van der Waals surface area contributed by atoms with Crippen LogP contribution in [-0.4, -0.2) is 36.5 Å². The van der Waals surface area contributed by atoms with E-state index in [1.807, 2.05) is 0 Å². The Balaban J connectivity index is 4.89. The van der Waals surface area contributed by atoms with Crippen LogP contribution in [0.1, 0.15) is 158 Å². The smallest absolute Gasteiger partial charge is 0.160 e. The summed E-state index contributed by atoms with van der Waals surface area (Å²) >= 11 is 12.4. The van der Waals surface area contributed by atoms with Gasteiger partial charge in [-0.3, -0.25) is 0 Å². The van der Waals surface area contributed by atoms with Crippen molar-refractivity contribution in [2.75, 3.05) is 13.2 Å². The van der Waals surface area contributed by atoms with E-state index in [9.17, 15) is 0 Å². The summed E-state index contributed by atoms with van der Waals surface area (Å²) in [6.07, 6.45) is 17.9. The average molecular weight is 596 g/mol. The van der Waals surface area contributed by atoms with E-state index in [4.69, 9.17) is 37.4 Å². The van der Waals surface area contributed by atoms with Gasteiger partial charge < -0.3 is 14.2 Å². The van der Waals surface area contributed by atoms with E-state index in [-0.39, 0.29) is 23.3 Å². The highest BCUT2D eigenvalue weighted by atomic mass is 35.5. The maximum Gasteiger partial charge on any atom is 0.160 e. The molecule has 0 aliphatic carbocycles. The molecular weight excluding hydrogens is 527 g/mol. The second-order valence-electron chi connectivity index (χ2n) is 12.9. The molecule has 0 rings (SSSR count). The number of halogens is 2. The van der Waals surface area contributed by atoms with Crippen molar-refractivity contribution in [2.45, 2.75) is 181 Å². The van der Waals surface area contributed by atoms with E-state index in [2.05, 4.69) is 55.4 Å². The van der Waals surface area contributed by atoms with Crippen LogP contribution in [0.25, 0.3) is 0 Å². The predicted molar refractivity (Wildman–Crippen MR) is 173 cm³/mol. The minimum atomic E-state index is -0.173. The Morgan fingerprint density at radius 2 is 0.846 bits per heavy atom. The van der Waals surface area contributed by atoms with Crippen LogP contribution in [0.3, 0.4) is 0 Å². The molecule has 0 aromatic heterocycles. The van der Waals surface area contributed by atoms with E-state index in [1.54, 1.807) is 0 Å². The molecule has 8 unspecified atom stereocenters. The third-order valence-corrected chi connectivity index (χ3v) is 8.10. The molecule has 0 heterocycles. The fourth-order valence-corrected chi connectivity index (χ4v) is 6.47. The largest absolute Gasteiger partial charge is 0.353 e. The fourth-order valence-electron chi connectivity index (χ4n) is 5.86. The minimum absolute atomic E-state index is 0.173. The zero-order chi connectivity index (χ0) is 29.5. The summed E-state index contributed by atoms with van der Waals surface area (Å²) in [5.74, 6) is 2.75. The van der Waals surface area contributed by atoms with Gasteiger partial charge in [0, 0.05) is 24.0 Å². The van der Waals surface area contributed by atoms with E-state index < -0.39 is 0 Å². The van der Waals surface area contributed by atoms with Crippen LogP contribution in [0.4, 0.5) is 0 Å². The lowest BCUT2D eigenvalue weighted by Gasteiger charge is -2.27. The number of ether oxygens (including phenoxy) is 3. The molecular formula is C34H68Cl2O3. The van der Waals surface area contributed by atoms with Crippen molar-refractivity contribution in [1.29, 1.82) is 0 Å². The summed E-state index contributed by atoms with van der Waals surface area (Å²) in [6, 6.07) is 0. The van der Waals surface area contributed by atoms with E-state index in [1.165, 1.54) is 51.4 Å². The van der Waals surface area contributed by atoms with Crippen molar-refractivity contribution in [3.05, 3.63) is 0 Å². The van der Waals surface area contributed by atoms with Crippen LogP contribution in [0, 0.1) is 23.7 Å². The molecule has 0 aliphatic rings. The van der Waals surface area contributed by atoms with Crippen LogP contribution in [0.5, 0.6) is 0 Å². The molecule has 0 saturated carbocycles. The predicted octanol–water partition coefficient (Wildman–Crippen LogP) is 11.8. The zero-order valence-corrected chi connectivity index (χ0v) is 28.8. The Hall–Kier alpha value is 0.460. The Bertz CT molecular complexity index is 473. The number of hydrogen-bond acceptors (Lipinski definition) is 3. The summed E-state index contributed by atoms with van der Waals surface area (Å²) in [6.45, 7) is 19.6. The molecule has 0 saturated heterocycles. The van der Waals surface area contributed by atoms with E-state index in [0.717, 1.165) is 64.6 Å². The maximum absolute atomic E-state index is 6.56. The molecule has 0 aliphatic heterocycles. The van der Waals surface area contributed by atoms with Gasteiger partial charge in [0.1, 0.15) is 0 Å². The quantitative estimate of drug-likeness (QED) is 0.0511. The summed E-state index contributed by atoms with van der Waals surface area (Å²) in [7, 11) is 0. The Kier molecular flexibility index (Phi) is 26.4. The Labute approximate surface area is 255 Å². The van der Waals surface area contributed by atoms with E-state index >= 15 is 0 Å². The van der Waals surface area contributed by atoms with E-state index in [0.29, 0.717) is 23.7 Å². The third-order valence-electron chi connectivity index (χ3n) is 7.74.